The molecule has 5 heteroatoms. The molecule has 1 aromatic rings. The molecular formula is C19H34O4Si. The summed E-state index contributed by atoms with van der Waals surface area (Å²) >= 11 is 0. The fraction of sp³-hybridized carbons (Fsp3) is 0.684. The first-order chi connectivity index (χ1) is 11.5. The Bertz CT molecular complexity index is 472. The van der Waals surface area contributed by atoms with E-state index in [9.17, 15) is 0 Å². The number of aliphatic hydroxyl groups excluding tert-OH is 1. The van der Waals surface area contributed by atoms with E-state index in [0.29, 0.717) is 0 Å². The average molecular weight is 355 g/mol. The van der Waals surface area contributed by atoms with Crippen LogP contribution in [0.4, 0.5) is 0 Å². The molecule has 24 heavy (non-hydrogen) atoms. The summed E-state index contributed by atoms with van der Waals surface area (Å²) in [6.45, 7) is 4.50. The Morgan fingerprint density at radius 1 is 1.00 bits per heavy atom. The first-order valence-electron chi connectivity index (χ1n) is 8.74. The number of aliphatic hydroxyl groups is 1. The standard InChI is InChI=1S/C18H30O3Si.CH4O/c1-14-6-8-16(9-7-14)13-17-10-11-18(15(2)12-17)22(19-3,20-4)21-5;1-2/h10-12,14,16H,6-9,13H2,1-5H3;2H,1H3. The van der Waals surface area contributed by atoms with Gasteiger partial charge >= 0.3 is 8.80 Å². The second kappa shape index (κ2) is 10.3. The lowest BCUT2D eigenvalue weighted by Crippen LogP contribution is -2.55. The molecular weight excluding hydrogens is 320 g/mol. The van der Waals surface area contributed by atoms with Crippen LogP contribution < -0.4 is 5.19 Å². The number of rotatable bonds is 6. The van der Waals surface area contributed by atoms with E-state index in [-0.39, 0.29) is 0 Å². The van der Waals surface area contributed by atoms with Crippen LogP contribution in [0.15, 0.2) is 18.2 Å². The highest BCUT2D eigenvalue weighted by atomic mass is 28.4. The van der Waals surface area contributed by atoms with E-state index in [0.717, 1.165) is 24.1 Å². The highest BCUT2D eigenvalue weighted by Gasteiger charge is 2.41. The van der Waals surface area contributed by atoms with E-state index < -0.39 is 8.80 Å². The van der Waals surface area contributed by atoms with Gasteiger partial charge in [-0.05, 0) is 49.1 Å². The van der Waals surface area contributed by atoms with Crippen molar-refractivity contribution >= 4 is 14.0 Å². The zero-order valence-electron chi connectivity index (χ0n) is 16.1. The molecule has 0 unspecified atom stereocenters. The minimum absolute atomic E-state index is 0.843. The summed E-state index contributed by atoms with van der Waals surface area (Å²) < 4.78 is 16.8. The van der Waals surface area contributed by atoms with Gasteiger partial charge < -0.3 is 18.4 Å². The fourth-order valence-corrected chi connectivity index (χ4v) is 5.65. The lowest BCUT2D eigenvalue weighted by atomic mass is 9.80. The molecule has 1 aliphatic rings. The topological polar surface area (TPSA) is 47.9 Å². The number of hydrogen-bond donors (Lipinski definition) is 1. The molecule has 1 saturated carbocycles. The van der Waals surface area contributed by atoms with Gasteiger partial charge in [0.05, 0.1) is 0 Å². The van der Waals surface area contributed by atoms with Gasteiger partial charge in [0.2, 0.25) is 0 Å². The molecule has 0 spiro atoms. The minimum Gasteiger partial charge on any atom is -0.400 e. The number of hydrogen-bond acceptors (Lipinski definition) is 4. The monoisotopic (exact) mass is 354 g/mol. The molecule has 1 aliphatic carbocycles. The van der Waals surface area contributed by atoms with Crippen LogP contribution in [0.25, 0.3) is 0 Å². The lowest BCUT2D eigenvalue weighted by Gasteiger charge is -2.28. The maximum Gasteiger partial charge on any atom is 0.536 e. The summed E-state index contributed by atoms with van der Waals surface area (Å²) in [5, 5.41) is 8.07. The van der Waals surface area contributed by atoms with Gasteiger partial charge in [0.25, 0.3) is 0 Å². The Morgan fingerprint density at radius 3 is 2.00 bits per heavy atom. The van der Waals surface area contributed by atoms with Crippen molar-refractivity contribution in [2.45, 2.75) is 46.0 Å². The Hall–Kier alpha value is -0.723. The molecule has 0 aliphatic heterocycles. The maximum atomic E-state index is 7.00. The van der Waals surface area contributed by atoms with Gasteiger partial charge in [0.15, 0.2) is 0 Å². The van der Waals surface area contributed by atoms with E-state index in [1.54, 1.807) is 21.3 Å². The predicted octanol–water partition coefficient (Wildman–Crippen LogP) is 3.06. The van der Waals surface area contributed by atoms with Gasteiger partial charge in [-0.25, -0.2) is 0 Å². The van der Waals surface area contributed by atoms with Crippen molar-refractivity contribution in [1.82, 2.24) is 0 Å². The molecule has 1 fully saturated rings. The SMILES string of the molecule is CO.CO[Si](OC)(OC)c1ccc(CC2CCC(C)CC2)cc1C. The third-order valence-electron chi connectivity index (χ3n) is 5.09. The summed E-state index contributed by atoms with van der Waals surface area (Å²) in [5.41, 5.74) is 2.63. The Labute approximate surface area is 148 Å². The molecule has 0 heterocycles. The van der Waals surface area contributed by atoms with E-state index >= 15 is 0 Å². The van der Waals surface area contributed by atoms with Crippen LogP contribution in [0, 0.1) is 18.8 Å². The van der Waals surface area contributed by atoms with Gasteiger partial charge in [0.1, 0.15) is 0 Å². The fourth-order valence-electron chi connectivity index (χ4n) is 3.64. The first-order valence-corrected chi connectivity index (χ1v) is 10.5. The maximum absolute atomic E-state index is 7.00. The Morgan fingerprint density at radius 2 is 1.54 bits per heavy atom. The van der Waals surface area contributed by atoms with E-state index in [1.165, 1.54) is 43.2 Å². The van der Waals surface area contributed by atoms with Gasteiger partial charge in [-0.1, -0.05) is 38.0 Å². The number of benzene rings is 1. The highest BCUT2D eigenvalue weighted by Crippen LogP contribution is 2.30. The van der Waals surface area contributed by atoms with Gasteiger partial charge in [-0.3, -0.25) is 0 Å². The van der Waals surface area contributed by atoms with Gasteiger partial charge in [-0.15, -0.1) is 0 Å². The van der Waals surface area contributed by atoms with E-state index in [2.05, 4.69) is 32.0 Å². The zero-order valence-corrected chi connectivity index (χ0v) is 17.1. The van der Waals surface area contributed by atoms with Crippen molar-refractivity contribution in [3.63, 3.8) is 0 Å². The molecule has 0 amide bonds. The van der Waals surface area contributed by atoms with Gasteiger partial charge in [0, 0.05) is 33.6 Å². The average Bonchev–Trinajstić information content (AvgIpc) is 2.62. The molecule has 1 aromatic carbocycles. The summed E-state index contributed by atoms with van der Waals surface area (Å²) in [4.78, 5) is 0. The second-order valence-corrected chi connectivity index (χ2v) is 9.52. The largest absolute Gasteiger partial charge is 0.536 e. The molecule has 0 bridgehead atoms. The molecule has 4 nitrogen and oxygen atoms in total. The van der Waals surface area contributed by atoms with Crippen LogP contribution >= 0.6 is 0 Å². The summed E-state index contributed by atoms with van der Waals surface area (Å²) in [6.07, 6.45) is 6.70. The van der Waals surface area contributed by atoms with Crippen molar-refractivity contribution in [3.8, 4) is 0 Å². The van der Waals surface area contributed by atoms with E-state index in [4.69, 9.17) is 18.4 Å². The molecule has 0 atom stereocenters. The molecule has 0 aromatic heterocycles. The lowest BCUT2D eigenvalue weighted by molar-refractivity contribution is 0.140. The van der Waals surface area contributed by atoms with Crippen LogP contribution in [-0.4, -0.2) is 42.4 Å². The second-order valence-electron chi connectivity index (χ2n) is 6.65. The Kier molecular flexibility index (Phi) is 9.16. The highest BCUT2D eigenvalue weighted by molar-refractivity contribution is 6.75. The quantitative estimate of drug-likeness (QED) is 0.798. The molecule has 0 radical (unpaired) electrons. The predicted molar refractivity (Wildman–Crippen MR) is 101 cm³/mol. The van der Waals surface area contributed by atoms with Crippen LogP contribution in [0.2, 0.25) is 0 Å². The third kappa shape index (κ3) is 5.13. The van der Waals surface area contributed by atoms with Crippen molar-refractivity contribution in [2.75, 3.05) is 28.4 Å². The Balaban J connectivity index is 0.00000139. The third-order valence-corrected chi connectivity index (χ3v) is 7.92. The van der Waals surface area contributed by atoms with Crippen molar-refractivity contribution in [2.24, 2.45) is 11.8 Å². The van der Waals surface area contributed by atoms with Gasteiger partial charge in [-0.2, -0.15) is 0 Å². The van der Waals surface area contributed by atoms with Crippen LogP contribution in [0.5, 0.6) is 0 Å². The summed E-state index contributed by atoms with van der Waals surface area (Å²) in [6, 6.07) is 6.64. The molecule has 0 saturated heterocycles. The summed E-state index contributed by atoms with van der Waals surface area (Å²) in [7, 11) is 3.27. The van der Waals surface area contributed by atoms with Crippen molar-refractivity contribution < 1.29 is 18.4 Å². The zero-order chi connectivity index (χ0) is 18.2. The first kappa shape index (κ1) is 21.3. The summed E-state index contributed by atoms with van der Waals surface area (Å²) in [5.74, 6) is 1.76. The van der Waals surface area contributed by atoms with Crippen molar-refractivity contribution in [3.05, 3.63) is 29.3 Å². The normalized spacial score (nSPS) is 21.1. The minimum atomic E-state index is -2.72. The van der Waals surface area contributed by atoms with Crippen LogP contribution in [0.3, 0.4) is 0 Å². The smallest absolute Gasteiger partial charge is 0.400 e. The molecule has 1 N–H and O–H groups in total. The van der Waals surface area contributed by atoms with E-state index in [1.807, 2.05) is 0 Å². The van der Waals surface area contributed by atoms with Crippen molar-refractivity contribution in [1.29, 1.82) is 0 Å². The molecule has 2 rings (SSSR count). The number of aryl methyl sites for hydroxylation is 1. The van der Waals surface area contributed by atoms with Crippen LogP contribution in [0.1, 0.15) is 43.7 Å². The van der Waals surface area contributed by atoms with Crippen LogP contribution in [-0.2, 0) is 19.7 Å². The molecule has 138 valence electrons.